The van der Waals surface area contributed by atoms with Gasteiger partial charge in [-0.25, -0.2) is 4.57 Å². The molecular weight excluding hydrogens is 388 g/mol. The highest BCUT2D eigenvalue weighted by atomic mass is 79.9. The third kappa shape index (κ3) is 3.51. The first-order valence-electron chi connectivity index (χ1n) is 8.44. The molecule has 1 N–H and O–H groups in total. The standard InChI is InChI=1S/C22H20N2O.BrH/c1-16-22(20-9-8-19(25-2)14-21(20)23-16)18-10-12-24(13-11-18)15-17-6-4-3-5-7-17;/h3-14H,15H2,1-2H3;1H. The molecule has 0 spiro atoms. The third-order valence-electron chi connectivity index (χ3n) is 4.58. The first-order chi connectivity index (χ1) is 12.2. The molecule has 2 aromatic carbocycles. The zero-order valence-electron chi connectivity index (χ0n) is 14.9. The number of ether oxygens (including phenoxy) is 1. The van der Waals surface area contributed by atoms with Crippen molar-refractivity contribution in [1.82, 2.24) is 4.98 Å². The number of benzene rings is 2. The number of halogens is 1. The van der Waals surface area contributed by atoms with Gasteiger partial charge in [-0.15, -0.1) is 0 Å². The number of rotatable bonds is 4. The molecule has 0 aliphatic rings. The quantitative estimate of drug-likeness (QED) is 0.509. The van der Waals surface area contributed by atoms with Crippen molar-refractivity contribution in [2.45, 2.75) is 13.5 Å². The number of nitrogens with one attached hydrogen (secondary N) is 1. The maximum absolute atomic E-state index is 5.33. The molecule has 2 aromatic heterocycles. The number of fused-ring (bicyclic) bond motifs is 1. The van der Waals surface area contributed by atoms with Crippen molar-refractivity contribution in [3.8, 4) is 16.9 Å². The van der Waals surface area contributed by atoms with Gasteiger partial charge in [-0.3, -0.25) is 0 Å². The van der Waals surface area contributed by atoms with Gasteiger partial charge in [0.25, 0.3) is 0 Å². The van der Waals surface area contributed by atoms with E-state index in [9.17, 15) is 0 Å². The van der Waals surface area contributed by atoms with Crippen molar-refractivity contribution in [2.24, 2.45) is 0 Å². The molecule has 26 heavy (non-hydrogen) atoms. The van der Waals surface area contributed by atoms with Crippen molar-refractivity contribution in [3.63, 3.8) is 0 Å². The fourth-order valence-electron chi connectivity index (χ4n) is 3.33. The van der Waals surface area contributed by atoms with Crippen LogP contribution in [0.5, 0.6) is 5.75 Å². The Bertz CT molecular complexity index is 1010. The number of methoxy groups -OCH3 is 1. The van der Waals surface area contributed by atoms with Gasteiger partial charge >= 0.3 is 0 Å². The Morgan fingerprint density at radius 2 is 1.69 bits per heavy atom. The van der Waals surface area contributed by atoms with E-state index in [0.29, 0.717) is 0 Å². The van der Waals surface area contributed by atoms with E-state index >= 15 is 0 Å². The van der Waals surface area contributed by atoms with Crippen LogP contribution < -0.4 is 26.3 Å². The highest BCUT2D eigenvalue weighted by molar-refractivity contribution is 5.97. The molecule has 4 rings (SSSR count). The second-order valence-electron chi connectivity index (χ2n) is 6.28. The van der Waals surface area contributed by atoms with Gasteiger partial charge in [0.05, 0.1) is 7.11 Å². The number of hydrogen-bond acceptors (Lipinski definition) is 1. The molecule has 0 bridgehead atoms. The maximum Gasteiger partial charge on any atom is 0.173 e. The zero-order chi connectivity index (χ0) is 17.2. The second kappa shape index (κ2) is 7.75. The Kier molecular flexibility index (Phi) is 5.43. The van der Waals surface area contributed by atoms with Crippen molar-refractivity contribution >= 4 is 10.9 Å². The molecule has 0 atom stereocenters. The number of H-pyrrole nitrogens is 1. The first-order valence-corrected chi connectivity index (χ1v) is 8.44. The van der Waals surface area contributed by atoms with Crippen LogP contribution in [0.1, 0.15) is 11.3 Å². The van der Waals surface area contributed by atoms with Crippen LogP contribution in [0.25, 0.3) is 22.0 Å². The third-order valence-corrected chi connectivity index (χ3v) is 4.58. The normalized spacial score (nSPS) is 10.5. The lowest BCUT2D eigenvalue weighted by Gasteiger charge is -2.03. The van der Waals surface area contributed by atoms with Crippen molar-refractivity contribution in [3.05, 3.63) is 84.3 Å². The predicted octanol–water partition coefficient (Wildman–Crippen LogP) is 1.49. The second-order valence-corrected chi connectivity index (χ2v) is 6.28. The van der Waals surface area contributed by atoms with Crippen LogP contribution in [0.2, 0.25) is 0 Å². The van der Waals surface area contributed by atoms with Gasteiger partial charge in [0.15, 0.2) is 18.9 Å². The lowest BCUT2D eigenvalue weighted by atomic mass is 10.0. The van der Waals surface area contributed by atoms with Crippen LogP contribution in [0, 0.1) is 6.92 Å². The average Bonchev–Trinajstić information content (AvgIpc) is 2.98. The van der Waals surface area contributed by atoms with Gasteiger partial charge in [0.2, 0.25) is 0 Å². The molecule has 0 radical (unpaired) electrons. The zero-order valence-corrected chi connectivity index (χ0v) is 16.5. The Balaban J connectivity index is 0.00000196. The van der Waals surface area contributed by atoms with E-state index < -0.39 is 0 Å². The molecule has 4 aromatic rings. The summed E-state index contributed by atoms with van der Waals surface area (Å²) in [6.45, 7) is 3.00. The van der Waals surface area contributed by atoms with Crippen LogP contribution in [0.3, 0.4) is 0 Å². The summed E-state index contributed by atoms with van der Waals surface area (Å²) in [7, 11) is 1.69. The summed E-state index contributed by atoms with van der Waals surface area (Å²) in [6, 6.07) is 21.1. The van der Waals surface area contributed by atoms with Gasteiger partial charge in [-0.1, -0.05) is 30.3 Å². The minimum atomic E-state index is 0. The molecule has 0 saturated heterocycles. The van der Waals surface area contributed by atoms with Crippen LogP contribution in [0.4, 0.5) is 0 Å². The van der Waals surface area contributed by atoms with Crippen LogP contribution in [0.15, 0.2) is 73.1 Å². The molecule has 0 amide bonds. The topological polar surface area (TPSA) is 28.9 Å². The molecule has 0 fully saturated rings. The highest BCUT2D eigenvalue weighted by Crippen LogP contribution is 2.33. The van der Waals surface area contributed by atoms with E-state index in [2.05, 4.69) is 71.3 Å². The fourth-order valence-corrected chi connectivity index (χ4v) is 3.33. The summed E-state index contributed by atoms with van der Waals surface area (Å²) < 4.78 is 7.53. The van der Waals surface area contributed by atoms with Crippen LogP contribution >= 0.6 is 0 Å². The SMILES string of the molecule is COc1ccc2c(-c3cc[n+](Cc4ccccc4)cc3)c(C)[nH]c2c1.[Br-]. The Morgan fingerprint density at radius 3 is 2.38 bits per heavy atom. The van der Waals surface area contributed by atoms with E-state index in [0.717, 1.165) is 17.8 Å². The lowest BCUT2D eigenvalue weighted by molar-refractivity contribution is -0.688. The van der Waals surface area contributed by atoms with E-state index in [1.807, 2.05) is 18.2 Å². The maximum atomic E-state index is 5.33. The summed E-state index contributed by atoms with van der Waals surface area (Å²) in [4.78, 5) is 3.47. The number of aryl methyl sites for hydroxylation is 1. The molecule has 3 nitrogen and oxygen atoms in total. The monoisotopic (exact) mass is 408 g/mol. The first kappa shape index (κ1) is 18.2. The van der Waals surface area contributed by atoms with Gasteiger partial charge < -0.3 is 26.7 Å². The van der Waals surface area contributed by atoms with Crippen molar-refractivity contribution < 1.29 is 26.3 Å². The number of nitrogens with zero attached hydrogens (tertiary/aromatic N) is 1. The number of pyridine rings is 1. The molecule has 0 aliphatic carbocycles. The Labute approximate surface area is 164 Å². The molecule has 2 heterocycles. The summed E-state index contributed by atoms with van der Waals surface area (Å²) in [6.07, 6.45) is 4.29. The van der Waals surface area contributed by atoms with Crippen molar-refractivity contribution in [2.75, 3.05) is 7.11 Å². The fraction of sp³-hybridized carbons (Fsp3) is 0.136. The lowest BCUT2D eigenvalue weighted by Crippen LogP contribution is -3.00. The summed E-state index contributed by atoms with van der Waals surface area (Å²) in [5.74, 6) is 0.870. The van der Waals surface area contributed by atoms with E-state index in [-0.39, 0.29) is 17.0 Å². The largest absolute Gasteiger partial charge is 1.00 e. The summed E-state index contributed by atoms with van der Waals surface area (Å²) >= 11 is 0. The van der Waals surface area contributed by atoms with E-state index in [1.165, 1.54) is 27.8 Å². The number of hydrogen-bond donors (Lipinski definition) is 1. The minimum Gasteiger partial charge on any atom is -1.00 e. The Morgan fingerprint density at radius 1 is 0.962 bits per heavy atom. The van der Waals surface area contributed by atoms with Gasteiger partial charge in [0, 0.05) is 45.9 Å². The summed E-state index contributed by atoms with van der Waals surface area (Å²) in [5, 5.41) is 1.22. The predicted molar refractivity (Wildman–Crippen MR) is 101 cm³/mol. The highest BCUT2D eigenvalue weighted by Gasteiger charge is 2.13. The van der Waals surface area contributed by atoms with Gasteiger partial charge in [0.1, 0.15) is 5.75 Å². The smallest absolute Gasteiger partial charge is 0.173 e. The summed E-state index contributed by atoms with van der Waals surface area (Å²) in [5.41, 5.74) is 6.05. The molecule has 0 unspecified atom stereocenters. The van der Waals surface area contributed by atoms with E-state index in [1.54, 1.807) is 7.11 Å². The molecule has 132 valence electrons. The van der Waals surface area contributed by atoms with Crippen LogP contribution in [-0.4, -0.2) is 12.1 Å². The average molecular weight is 409 g/mol. The Hall–Kier alpha value is -2.59. The van der Waals surface area contributed by atoms with E-state index in [4.69, 9.17) is 4.74 Å². The van der Waals surface area contributed by atoms with Gasteiger partial charge in [-0.2, -0.15) is 0 Å². The number of aromatic nitrogens is 2. The van der Waals surface area contributed by atoms with Crippen molar-refractivity contribution in [1.29, 1.82) is 0 Å². The molecular formula is C22H21BrN2O. The molecule has 0 aliphatic heterocycles. The number of aromatic amines is 1. The molecule has 4 heteroatoms. The molecule has 0 saturated carbocycles. The van der Waals surface area contributed by atoms with Crippen LogP contribution in [-0.2, 0) is 6.54 Å². The van der Waals surface area contributed by atoms with Gasteiger partial charge in [-0.05, 0) is 24.6 Å². The minimum absolute atomic E-state index is 0.